The summed E-state index contributed by atoms with van der Waals surface area (Å²) < 4.78 is 24.6. The van der Waals surface area contributed by atoms with E-state index in [9.17, 15) is 8.39 Å². The normalized spacial score (nSPS) is 10.7. The predicted octanol–water partition coefficient (Wildman–Crippen LogP) is 1.90. The molecule has 0 saturated heterocycles. The van der Waals surface area contributed by atoms with Crippen molar-refractivity contribution in [2.24, 2.45) is 0 Å². The van der Waals surface area contributed by atoms with Gasteiger partial charge < -0.3 is 14.7 Å². The Morgan fingerprint density at radius 3 is 2.31 bits per heavy atom. The largest absolute Gasteiger partial charge is 0.444 e. The van der Waals surface area contributed by atoms with Crippen molar-refractivity contribution in [1.29, 1.82) is 0 Å². The topological polar surface area (TPSA) is 49.7 Å². The fourth-order valence-electron chi connectivity index (χ4n) is 0.285. The lowest BCUT2D eigenvalue weighted by Gasteiger charge is -1.98. The first kappa shape index (κ1) is 15.1. The Hall–Kier alpha value is -0.430. The zero-order valence-electron chi connectivity index (χ0n) is 7.50. The molecule has 0 aliphatic rings. The van der Waals surface area contributed by atoms with E-state index in [2.05, 4.69) is 12.0 Å². The standard InChI is InChI=1S/C7H12O2.F2HOP/c1-3-4-5-9-6-7(2)8;1-4(2)3/h7-8H,3,6H2,1-2H3;3H. The van der Waals surface area contributed by atoms with Crippen molar-refractivity contribution in [2.45, 2.75) is 26.4 Å². The van der Waals surface area contributed by atoms with Gasteiger partial charge in [-0.05, 0) is 6.92 Å². The highest BCUT2D eigenvalue weighted by Crippen LogP contribution is 2.31. The summed E-state index contributed by atoms with van der Waals surface area (Å²) in [7, 11) is -3.62. The minimum absolute atomic E-state index is 0.299. The fraction of sp³-hybridized carbons (Fsp3) is 0.714. The third kappa shape index (κ3) is 34.2. The highest BCUT2D eigenvalue weighted by atomic mass is 31.2. The third-order valence-electron chi connectivity index (χ3n) is 0.646. The van der Waals surface area contributed by atoms with Crippen LogP contribution >= 0.6 is 8.77 Å². The van der Waals surface area contributed by atoms with Crippen LogP contribution in [0.3, 0.4) is 0 Å². The van der Waals surface area contributed by atoms with E-state index in [0.29, 0.717) is 6.61 Å². The lowest BCUT2D eigenvalue weighted by molar-refractivity contribution is 0.107. The molecule has 0 aliphatic carbocycles. The van der Waals surface area contributed by atoms with E-state index in [1.165, 1.54) is 0 Å². The SMILES string of the molecule is CCC#COCC(C)O.OP(F)F. The molecule has 0 aliphatic heterocycles. The van der Waals surface area contributed by atoms with Gasteiger partial charge in [-0.25, -0.2) is 0 Å². The van der Waals surface area contributed by atoms with E-state index < -0.39 is 14.9 Å². The predicted molar refractivity (Wildman–Crippen MR) is 47.1 cm³/mol. The molecule has 3 nitrogen and oxygen atoms in total. The molecule has 0 saturated carbocycles. The molecule has 0 aromatic heterocycles. The van der Waals surface area contributed by atoms with Crippen molar-refractivity contribution >= 4 is 8.77 Å². The van der Waals surface area contributed by atoms with E-state index in [4.69, 9.17) is 14.7 Å². The van der Waals surface area contributed by atoms with Crippen molar-refractivity contribution in [2.75, 3.05) is 6.61 Å². The smallest absolute Gasteiger partial charge is 0.412 e. The van der Waals surface area contributed by atoms with Crippen LogP contribution in [0.4, 0.5) is 8.39 Å². The minimum Gasteiger partial charge on any atom is -0.444 e. The highest BCUT2D eigenvalue weighted by molar-refractivity contribution is 7.39. The maximum atomic E-state index is 9.95. The third-order valence-corrected chi connectivity index (χ3v) is 0.646. The molecule has 0 heterocycles. The van der Waals surface area contributed by atoms with Crippen LogP contribution in [0, 0.1) is 12.0 Å². The molecule has 1 atom stereocenters. The van der Waals surface area contributed by atoms with Gasteiger partial charge in [0.25, 0.3) is 0 Å². The molecule has 2 N–H and O–H groups in total. The number of hydrogen-bond acceptors (Lipinski definition) is 3. The Kier molecular flexibility index (Phi) is 13.4. The minimum atomic E-state index is -3.62. The molecule has 1 unspecified atom stereocenters. The van der Waals surface area contributed by atoms with Crippen molar-refractivity contribution in [3.8, 4) is 12.0 Å². The molecule has 0 spiro atoms. The maximum absolute atomic E-state index is 9.95. The summed E-state index contributed by atoms with van der Waals surface area (Å²) in [5.74, 6) is 2.72. The molecule has 0 fully saturated rings. The van der Waals surface area contributed by atoms with E-state index in [1.807, 2.05) is 6.92 Å². The maximum Gasteiger partial charge on any atom is 0.412 e. The van der Waals surface area contributed by atoms with Crippen LogP contribution in [0.5, 0.6) is 0 Å². The number of halogens is 2. The summed E-state index contributed by atoms with van der Waals surface area (Å²) in [6.45, 7) is 3.90. The van der Waals surface area contributed by atoms with Crippen molar-refractivity contribution in [1.82, 2.24) is 0 Å². The van der Waals surface area contributed by atoms with Gasteiger partial charge >= 0.3 is 8.77 Å². The van der Waals surface area contributed by atoms with E-state index >= 15 is 0 Å². The first-order valence-corrected chi connectivity index (χ1v) is 4.66. The summed E-state index contributed by atoms with van der Waals surface area (Å²) in [5.41, 5.74) is 0. The Labute approximate surface area is 77.8 Å². The molecule has 6 heteroatoms. The second-order valence-electron chi connectivity index (χ2n) is 2.01. The van der Waals surface area contributed by atoms with Gasteiger partial charge in [-0.15, -0.1) is 0 Å². The summed E-state index contributed by atoms with van der Waals surface area (Å²) in [4.78, 5) is 6.79. The lowest BCUT2D eigenvalue weighted by Crippen LogP contribution is -2.07. The Morgan fingerprint density at radius 1 is 1.54 bits per heavy atom. The molecule has 0 bridgehead atoms. The van der Waals surface area contributed by atoms with Gasteiger partial charge in [-0.1, -0.05) is 12.8 Å². The van der Waals surface area contributed by atoms with Crippen LogP contribution in [-0.2, 0) is 4.74 Å². The molecule has 0 aromatic carbocycles. The van der Waals surface area contributed by atoms with Crippen LogP contribution in [-0.4, -0.2) is 22.7 Å². The fourth-order valence-corrected chi connectivity index (χ4v) is 0.285. The van der Waals surface area contributed by atoms with Gasteiger partial charge in [0.15, 0.2) is 0 Å². The van der Waals surface area contributed by atoms with E-state index in [-0.39, 0.29) is 0 Å². The zero-order valence-corrected chi connectivity index (χ0v) is 8.39. The molecule has 0 amide bonds. The van der Waals surface area contributed by atoms with Gasteiger partial charge in [-0.2, -0.15) is 8.39 Å². The molecular weight excluding hydrogens is 201 g/mol. The Balaban J connectivity index is 0. The van der Waals surface area contributed by atoms with Gasteiger partial charge in [0.2, 0.25) is 0 Å². The number of ether oxygens (including phenoxy) is 1. The van der Waals surface area contributed by atoms with Crippen LogP contribution in [0.2, 0.25) is 0 Å². The first-order valence-electron chi connectivity index (χ1n) is 3.59. The Bertz CT molecular complexity index is 151. The summed E-state index contributed by atoms with van der Waals surface area (Å²) in [6.07, 6.45) is 2.83. The average Bonchev–Trinajstić information content (AvgIpc) is 1.97. The molecule has 0 rings (SSSR count). The van der Waals surface area contributed by atoms with E-state index in [1.54, 1.807) is 6.92 Å². The van der Waals surface area contributed by atoms with Gasteiger partial charge in [0, 0.05) is 6.42 Å². The number of aliphatic hydroxyl groups is 1. The number of aliphatic hydroxyl groups excluding tert-OH is 1. The average molecular weight is 214 g/mol. The molecular formula is C7H13F2O3P. The quantitative estimate of drug-likeness (QED) is 0.545. The zero-order chi connectivity index (χ0) is 10.7. The monoisotopic (exact) mass is 214 g/mol. The summed E-state index contributed by atoms with van der Waals surface area (Å²) in [5, 5.41) is 8.66. The number of rotatable bonds is 2. The molecule has 0 radical (unpaired) electrons. The number of hydrogen-bond donors (Lipinski definition) is 2. The van der Waals surface area contributed by atoms with Crippen LogP contribution in [0.1, 0.15) is 20.3 Å². The van der Waals surface area contributed by atoms with Gasteiger partial charge in [0.1, 0.15) is 12.7 Å². The van der Waals surface area contributed by atoms with E-state index in [0.717, 1.165) is 6.42 Å². The highest BCUT2D eigenvalue weighted by Gasteiger charge is 1.90. The van der Waals surface area contributed by atoms with Gasteiger partial charge in [-0.3, -0.25) is 0 Å². The summed E-state index contributed by atoms with van der Waals surface area (Å²) in [6, 6.07) is 0. The van der Waals surface area contributed by atoms with Gasteiger partial charge in [0.05, 0.1) is 6.10 Å². The van der Waals surface area contributed by atoms with Crippen molar-refractivity contribution in [3.63, 3.8) is 0 Å². The summed E-state index contributed by atoms with van der Waals surface area (Å²) >= 11 is 0. The van der Waals surface area contributed by atoms with Crippen LogP contribution < -0.4 is 0 Å². The van der Waals surface area contributed by atoms with Crippen molar-refractivity contribution < 1.29 is 23.1 Å². The molecule has 0 aromatic rings. The Morgan fingerprint density at radius 2 is 2.00 bits per heavy atom. The first-order chi connectivity index (χ1) is 6.00. The molecule has 78 valence electrons. The second kappa shape index (κ2) is 11.6. The van der Waals surface area contributed by atoms with Crippen LogP contribution in [0.15, 0.2) is 0 Å². The van der Waals surface area contributed by atoms with Crippen molar-refractivity contribution in [3.05, 3.63) is 0 Å². The second-order valence-corrected chi connectivity index (χ2v) is 2.44. The lowest BCUT2D eigenvalue weighted by atomic mass is 10.4. The van der Waals surface area contributed by atoms with Crippen LogP contribution in [0.25, 0.3) is 0 Å². The molecule has 13 heavy (non-hydrogen) atoms.